The van der Waals surface area contributed by atoms with Crippen LogP contribution in [0.25, 0.3) is 0 Å². The lowest BCUT2D eigenvalue weighted by Crippen LogP contribution is -2.10. The van der Waals surface area contributed by atoms with Gasteiger partial charge in [0.15, 0.2) is 0 Å². The molecule has 0 spiro atoms. The first-order chi connectivity index (χ1) is 8.38. The first-order valence-corrected chi connectivity index (χ1v) is 8.73. The van der Waals surface area contributed by atoms with Crippen LogP contribution in [0.3, 0.4) is 0 Å². The van der Waals surface area contributed by atoms with E-state index >= 15 is 0 Å². The zero-order valence-electron chi connectivity index (χ0n) is 12.0. The van der Waals surface area contributed by atoms with Gasteiger partial charge in [-0.15, -0.1) is 23.1 Å². The van der Waals surface area contributed by atoms with Gasteiger partial charge in [0.05, 0.1) is 13.2 Å². The molecule has 0 aromatic carbocycles. The number of rotatable bonds is 6. The highest BCUT2D eigenvalue weighted by molar-refractivity contribution is 7.99. The number of thiophene rings is 1. The highest BCUT2D eigenvalue weighted by Crippen LogP contribution is 2.41. The van der Waals surface area contributed by atoms with Crippen LogP contribution in [-0.2, 0) is 10.2 Å². The zero-order valence-corrected chi connectivity index (χ0v) is 14.5. The van der Waals surface area contributed by atoms with E-state index in [-0.39, 0.29) is 5.41 Å². The van der Waals surface area contributed by atoms with Gasteiger partial charge in [-0.3, -0.25) is 0 Å². The molecule has 0 bridgehead atoms. The molecule has 104 valence electrons. The lowest BCUT2D eigenvalue weighted by atomic mass is 9.94. The number of aryl methyl sites for hydroxylation is 1. The van der Waals surface area contributed by atoms with Gasteiger partial charge in [-0.05, 0) is 24.8 Å². The molecular formula is C14H24OS3. The normalized spacial score (nSPS) is 12.1. The van der Waals surface area contributed by atoms with Crippen molar-refractivity contribution >= 4 is 35.7 Å². The van der Waals surface area contributed by atoms with Gasteiger partial charge in [0, 0.05) is 26.2 Å². The van der Waals surface area contributed by atoms with E-state index in [1.165, 1.54) is 20.2 Å². The number of thioether (sulfide) groups is 1. The van der Waals surface area contributed by atoms with Crippen LogP contribution in [0, 0.1) is 13.8 Å². The lowest BCUT2D eigenvalue weighted by molar-refractivity contribution is 0.167. The maximum Gasteiger partial charge on any atom is 0.0560 e. The van der Waals surface area contributed by atoms with Crippen LogP contribution in [0.4, 0.5) is 0 Å². The molecule has 4 heteroatoms. The van der Waals surface area contributed by atoms with Crippen molar-refractivity contribution < 1.29 is 4.74 Å². The summed E-state index contributed by atoms with van der Waals surface area (Å²) >= 11 is 8.01. The van der Waals surface area contributed by atoms with Crippen LogP contribution >= 0.6 is 35.7 Å². The van der Waals surface area contributed by atoms with E-state index in [0.29, 0.717) is 0 Å². The Bertz CT molecular complexity index is 377. The van der Waals surface area contributed by atoms with Crippen molar-refractivity contribution in [2.45, 2.75) is 44.9 Å². The summed E-state index contributed by atoms with van der Waals surface area (Å²) in [5.41, 5.74) is 1.68. The molecule has 1 heterocycles. The van der Waals surface area contributed by atoms with Crippen molar-refractivity contribution in [3.8, 4) is 0 Å². The lowest BCUT2D eigenvalue weighted by Gasteiger charge is -2.19. The number of hydrogen-bond acceptors (Lipinski definition) is 4. The van der Waals surface area contributed by atoms with Crippen LogP contribution in [0.1, 0.15) is 36.1 Å². The number of ether oxygens (including phenoxy) is 1. The Hall–Kier alpha value is 0.360. The van der Waals surface area contributed by atoms with Crippen molar-refractivity contribution in [2.75, 3.05) is 24.7 Å². The summed E-state index contributed by atoms with van der Waals surface area (Å²) in [6.07, 6.45) is 0. The molecule has 0 saturated carbocycles. The van der Waals surface area contributed by atoms with Crippen molar-refractivity contribution in [3.05, 3.63) is 15.3 Å². The van der Waals surface area contributed by atoms with Crippen molar-refractivity contribution in [1.29, 1.82) is 0 Å². The van der Waals surface area contributed by atoms with Crippen molar-refractivity contribution in [1.82, 2.24) is 0 Å². The molecule has 1 aromatic heterocycles. The molecule has 0 aliphatic rings. The van der Waals surface area contributed by atoms with Crippen molar-refractivity contribution in [2.24, 2.45) is 0 Å². The topological polar surface area (TPSA) is 9.23 Å². The summed E-state index contributed by atoms with van der Waals surface area (Å²) in [7, 11) is 0. The van der Waals surface area contributed by atoms with E-state index in [1.54, 1.807) is 0 Å². The molecule has 0 unspecified atom stereocenters. The van der Waals surface area contributed by atoms with E-state index in [2.05, 4.69) is 47.2 Å². The van der Waals surface area contributed by atoms with Gasteiger partial charge in [0.25, 0.3) is 0 Å². The molecule has 1 rings (SSSR count). The van der Waals surface area contributed by atoms with Crippen LogP contribution in [-0.4, -0.2) is 24.7 Å². The molecule has 1 aromatic rings. The maximum absolute atomic E-state index is 5.48. The fraction of sp³-hybridized carbons (Fsp3) is 0.714. The van der Waals surface area contributed by atoms with Crippen LogP contribution < -0.4 is 0 Å². The summed E-state index contributed by atoms with van der Waals surface area (Å²) in [6.45, 7) is 12.9. The third kappa shape index (κ3) is 4.48. The summed E-state index contributed by atoms with van der Waals surface area (Å²) in [4.78, 5) is 4.43. The second-order valence-corrected chi connectivity index (χ2v) is 8.15. The average Bonchev–Trinajstić information content (AvgIpc) is 2.56. The van der Waals surface area contributed by atoms with E-state index in [1.807, 2.05) is 23.1 Å². The smallest absolute Gasteiger partial charge is 0.0560 e. The fourth-order valence-corrected chi connectivity index (χ4v) is 4.46. The quantitative estimate of drug-likeness (QED) is 0.463. The summed E-state index contributed by atoms with van der Waals surface area (Å²) in [5.74, 6) is 1.82. The molecule has 0 aliphatic heterocycles. The molecule has 0 saturated heterocycles. The molecule has 1 nitrogen and oxygen atoms in total. The summed E-state index contributed by atoms with van der Waals surface area (Å²) in [5, 5.41) is 0. The standard InChI is InChI=1S/C14H24OS3/c1-10-11(2)18-13(14(3,4)5)12(10)17-9-7-15-6-8-16/h16H,6-9H2,1-5H3. The minimum absolute atomic E-state index is 0.234. The van der Waals surface area contributed by atoms with Gasteiger partial charge in [-0.1, -0.05) is 20.8 Å². The Kier molecular flexibility index (Phi) is 6.59. The number of thiol groups is 1. The third-order valence-electron chi connectivity index (χ3n) is 2.72. The van der Waals surface area contributed by atoms with Gasteiger partial charge in [-0.25, -0.2) is 0 Å². The van der Waals surface area contributed by atoms with Gasteiger partial charge in [-0.2, -0.15) is 12.6 Å². The third-order valence-corrected chi connectivity index (χ3v) is 5.84. The number of hydrogen-bond donors (Lipinski definition) is 1. The van der Waals surface area contributed by atoms with Gasteiger partial charge in [0.1, 0.15) is 0 Å². The Morgan fingerprint density at radius 2 is 1.89 bits per heavy atom. The SMILES string of the molecule is Cc1sc(C(C)(C)C)c(SCCOCCS)c1C. The predicted octanol–water partition coefficient (Wildman–Crippen LogP) is 4.70. The van der Waals surface area contributed by atoms with Crippen LogP contribution in [0.5, 0.6) is 0 Å². The van der Waals surface area contributed by atoms with E-state index < -0.39 is 0 Å². The van der Waals surface area contributed by atoms with E-state index in [0.717, 1.165) is 24.7 Å². The van der Waals surface area contributed by atoms with Crippen molar-refractivity contribution in [3.63, 3.8) is 0 Å². The molecule has 18 heavy (non-hydrogen) atoms. The van der Waals surface area contributed by atoms with Gasteiger partial charge < -0.3 is 4.74 Å². The molecule has 0 atom stereocenters. The molecule has 0 fully saturated rings. The van der Waals surface area contributed by atoms with Crippen LogP contribution in [0.15, 0.2) is 4.90 Å². The van der Waals surface area contributed by atoms with E-state index in [9.17, 15) is 0 Å². The molecule has 0 amide bonds. The maximum atomic E-state index is 5.48. The second-order valence-electron chi connectivity index (χ2n) is 5.38. The van der Waals surface area contributed by atoms with Gasteiger partial charge in [0.2, 0.25) is 0 Å². The Morgan fingerprint density at radius 3 is 2.44 bits per heavy atom. The largest absolute Gasteiger partial charge is 0.380 e. The van der Waals surface area contributed by atoms with Crippen LogP contribution in [0.2, 0.25) is 0 Å². The monoisotopic (exact) mass is 304 g/mol. The molecular weight excluding hydrogens is 280 g/mol. The minimum atomic E-state index is 0.234. The average molecular weight is 305 g/mol. The second kappa shape index (κ2) is 7.22. The fourth-order valence-electron chi connectivity index (χ4n) is 1.64. The summed E-state index contributed by atoms with van der Waals surface area (Å²) < 4.78 is 5.48. The Labute approximate surface area is 125 Å². The first kappa shape index (κ1) is 16.4. The first-order valence-electron chi connectivity index (χ1n) is 6.29. The minimum Gasteiger partial charge on any atom is -0.380 e. The van der Waals surface area contributed by atoms with Gasteiger partial charge >= 0.3 is 0 Å². The highest BCUT2D eigenvalue weighted by Gasteiger charge is 2.23. The molecule has 0 aliphatic carbocycles. The molecule has 0 N–H and O–H groups in total. The predicted molar refractivity (Wildman–Crippen MR) is 87.9 cm³/mol. The zero-order chi connectivity index (χ0) is 13.8. The van der Waals surface area contributed by atoms with E-state index in [4.69, 9.17) is 4.74 Å². The molecule has 0 radical (unpaired) electrons. The highest BCUT2D eigenvalue weighted by atomic mass is 32.2. The summed E-state index contributed by atoms with van der Waals surface area (Å²) in [6, 6.07) is 0. The Balaban J connectivity index is 2.69. The Morgan fingerprint density at radius 1 is 1.22 bits per heavy atom.